The Bertz CT molecular complexity index is 1370. The number of sulfonamides is 1. The van der Waals surface area contributed by atoms with Crippen molar-refractivity contribution in [3.05, 3.63) is 77.7 Å². The van der Waals surface area contributed by atoms with Crippen molar-refractivity contribution in [2.45, 2.75) is 30.5 Å². The van der Waals surface area contributed by atoms with E-state index in [1.54, 1.807) is 18.2 Å². The fourth-order valence-corrected chi connectivity index (χ4v) is 5.20. The number of halogens is 4. The van der Waals surface area contributed by atoms with Crippen LogP contribution in [0, 0.1) is 5.95 Å². The standard InChI is InChI=1S/C24H21F4N3O3S/c1-34-15-31(35(32,33)22-12-6-11-20(25)29-22)21-14-13-19(24(26,27)28)23(30-21)18-10-5-4-9-17(18)16-7-2-3-8-16/h4-7,9-14H,2-3,8,15H2,1H3. The molecular weight excluding hydrogens is 486 g/mol. The number of hydrogen-bond acceptors (Lipinski definition) is 5. The normalized spacial score (nSPS) is 14.1. The van der Waals surface area contributed by atoms with E-state index in [4.69, 9.17) is 4.74 Å². The van der Waals surface area contributed by atoms with E-state index in [1.165, 1.54) is 13.2 Å². The van der Waals surface area contributed by atoms with Gasteiger partial charge in [-0.05, 0) is 54.7 Å². The molecule has 6 nitrogen and oxygen atoms in total. The van der Waals surface area contributed by atoms with E-state index in [9.17, 15) is 26.0 Å². The molecule has 4 rings (SSSR count). The minimum atomic E-state index is -4.74. The summed E-state index contributed by atoms with van der Waals surface area (Å²) >= 11 is 0. The maximum absolute atomic E-state index is 14.0. The summed E-state index contributed by atoms with van der Waals surface area (Å²) in [5.74, 6) is -1.35. The van der Waals surface area contributed by atoms with Crippen molar-refractivity contribution in [2.24, 2.45) is 0 Å². The second kappa shape index (κ2) is 9.74. The minimum absolute atomic E-state index is 0.230. The Balaban J connectivity index is 1.92. The first-order valence-electron chi connectivity index (χ1n) is 10.6. The molecule has 0 bridgehead atoms. The lowest BCUT2D eigenvalue weighted by atomic mass is 9.94. The van der Waals surface area contributed by atoms with Crippen molar-refractivity contribution >= 4 is 21.4 Å². The van der Waals surface area contributed by atoms with E-state index in [-0.39, 0.29) is 11.4 Å². The van der Waals surface area contributed by atoms with Crippen molar-refractivity contribution in [2.75, 3.05) is 18.1 Å². The Morgan fingerprint density at radius 1 is 1.00 bits per heavy atom. The molecule has 0 N–H and O–H groups in total. The van der Waals surface area contributed by atoms with Crippen LogP contribution in [0.5, 0.6) is 0 Å². The first kappa shape index (κ1) is 24.8. The van der Waals surface area contributed by atoms with Crippen molar-refractivity contribution in [3.8, 4) is 11.3 Å². The number of rotatable bonds is 7. The molecule has 0 radical (unpaired) electrons. The fourth-order valence-electron chi connectivity index (χ4n) is 3.93. The van der Waals surface area contributed by atoms with Gasteiger partial charge in [0.1, 0.15) is 12.5 Å². The SMILES string of the molecule is COCN(c1ccc(C(F)(F)F)c(-c2ccccc2C2=CCCC2)n1)S(=O)(=O)c1cccc(F)n1. The van der Waals surface area contributed by atoms with Crippen molar-refractivity contribution in [3.63, 3.8) is 0 Å². The number of anilines is 1. The zero-order valence-electron chi connectivity index (χ0n) is 18.6. The molecule has 11 heteroatoms. The third-order valence-electron chi connectivity index (χ3n) is 5.50. The smallest absolute Gasteiger partial charge is 0.363 e. The molecule has 35 heavy (non-hydrogen) atoms. The van der Waals surface area contributed by atoms with E-state index in [0.29, 0.717) is 16.3 Å². The van der Waals surface area contributed by atoms with Crippen LogP contribution in [0.2, 0.25) is 0 Å². The van der Waals surface area contributed by atoms with Gasteiger partial charge < -0.3 is 4.74 Å². The number of allylic oxidation sites excluding steroid dienone is 2. The van der Waals surface area contributed by atoms with E-state index < -0.39 is 45.2 Å². The quantitative estimate of drug-likeness (QED) is 0.234. The van der Waals surface area contributed by atoms with Crippen LogP contribution in [0.1, 0.15) is 30.4 Å². The molecule has 0 spiro atoms. The Kier molecular flexibility index (Phi) is 6.91. The number of alkyl halides is 3. The average molecular weight is 508 g/mol. The zero-order valence-corrected chi connectivity index (χ0v) is 19.4. The number of nitrogens with zero attached hydrogens (tertiary/aromatic N) is 3. The molecule has 0 saturated carbocycles. The van der Waals surface area contributed by atoms with E-state index >= 15 is 0 Å². The predicted molar refractivity (Wildman–Crippen MR) is 122 cm³/mol. The Morgan fingerprint density at radius 2 is 1.74 bits per heavy atom. The van der Waals surface area contributed by atoms with Gasteiger partial charge in [-0.15, -0.1) is 0 Å². The summed E-state index contributed by atoms with van der Waals surface area (Å²) in [5.41, 5.74) is 0.320. The van der Waals surface area contributed by atoms with Crippen LogP contribution in [0.3, 0.4) is 0 Å². The lowest BCUT2D eigenvalue weighted by molar-refractivity contribution is -0.137. The molecule has 1 aliphatic carbocycles. The van der Waals surface area contributed by atoms with Gasteiger partial charge in [0.2, 0.25) is 5.95 Å². The maximum atomic E-state index is 14.0. The Hall–Kier alpha value is -3.31. The maximum Gasteiger partial charge on any atom is 0.418 e. The molecule has 0 unspecified atom stereocenters. The molecule has 0 atom stereocenters. The lowest BCUT2D eigenvalue weighted by Gasteiger charge is -2.24. The van der Waals surface area contributed by atoms with Gasteiger partial charge in [0.15, 0.2) is 5.03 Å². The van der Waals surface area contributed by atoms with Gasteiger partial charge in [-0.3, -0.25) is 0 Å². The number of aromatic nitrogens is 2. The second-order valence-electron chi connectivity index (χ2n) is 7.80. The minimum Gasteiger partial charge on any atom is -0.363 e. The molecule has 184 valence electrons. The molecule has 0 aliphatic heterocycles. The molecule has 0 saturated heterocycles. The first-order valence-corrected chi connectivity index (χ1v) is 12.1. The van der Waals surface area contributed by atoms with Crippen molar-refractivity contribution < 1.29 is 30.7 Å². The number of hydrogen-bond donors (Lipinski definition) is 0. The molecule has 3 aromatic rings. The van der Waals surface area contributed by atoms with E-state index in [0.717, 1.165) is 48.7 Å². The summed E-state index contributed by atoms with van der Waals surface area (Å²) in [7, 11) is -3.29. The predicted octanol–water partition coefficient (Wildman–Crippen LogP) is 5.67. The summed E-state index contributed by atoms with van der Waals surface area (Å²) in [4.78, 5) is 7.58. The lowest BCUT2D eigenvalue weighted by Crippen LogP contribution is -2.34. The Morgan fingerprint density at radius 3 is 2.37 bits per heavy atom. The van der Waals surface area contributed by atoms with Gasteiger partial charge in [-0.2, -0.15) is 26.0 Å². The summed E-state index contributed by atoms with van der Waals surface area (Å²) in [6.07, 6.45) is -0.332. The third-order valence-corrected chi connectivity index (χ3v) is 7.13. The van der Waals surface area contributed by atoms with Gasteiger partial charge in [0.05, 0.1) is 11.3 Å². The molecule has 1 aliphatic rings. The van der Waals surface area contributed by atoms with Gasteiger partial charge >= 0.3 is 6.18 Å². The number of benzene rings is 1. The summed E-state index contributed by atoms with van der Waals surface area (Å²) in [6.45, 7) is -0.578. The highest BCUT2D eigenvalue weighted by atomic mass is 32.2. The first-order chi connectivity index (χ1) is 16.6. The molecule has 2 aromatic heterocycles. The molecular formula is C24H21F4N3O3S. The van der Waals surface area contributed by atoms with Crippen LogP contribution < -0.4 is 4.31 Å². The van der Waals surface area contributed by atoms with Crippen LogP contribution in [-0.2, 0) is 20.9 Å². The van der Waals surface area contributed by atoms with Crippen LogP contribution in [-0.4, -0.2) is 32.2 Å². The zero-order chi connectivity index (χ0) is 25.2. The van der Waals surface area contributed by atoms with Gasteiger partial charge in [-0.25, -0.2) is 14.3 Å². The topological polar surface area (TPSA) is 72.4 Å². The van der Waals surface area contributed by atoms with Crippen molar-refractivity contribution in [1.29, 1.82) is 0 Å². The molecule has 2 heterocycles. The van der Waals surface area contributed by atoms with Crippen LogP contribution in [0.15, 0.2) is 65.7 Å². The largest absolute Gasteiger partial charge is 0.418 e. The fraction of sp³-hybridized carbons (Fsp3) is 0.250. The van der Waals surface area contributed by atoms with Gasteiger partial charge in [0.25, 0.3) is 10.0 Å². The van der Waals surface area contributed by atoms with Crippen LogP contribution >= 0.6 is 0 Å². The molecule has 1 aromatic carbocycles. The Labute approximate surface area is 200 Å². The highest BCUT2D eigenvalue weighted by molar-refractivity contribution is 7.92. The summed E-state index contributed by atoms with van der Waals surface area (Å²) in [5, 5.41) is -0.630. The van der Waals surface area contributed by atoms with Crippen LogP contribution in [0.25, 0.3) is 16.8 Å². The average Bonchev–Trinajstić information content (AvgIpc) is 3.36. The van der Waals surface area contributed by atoms with Gasteiger partial charge in [-0.1, -0.05) is 36.4 Å². The van der Waals surface area contributed by atoms with Gasteiger partial charge in [0, 0.05) is 12.7 Å². The van der Waals surface area contributed by atoms with E-state index in [2.05, 4.69) is 9.97 Å². The summed E-state index contributed by atoms with van der Waals surface area (Å²) < 4.78 is 87.8. The number of ether oxygens (including phenoxy) is 1. The highest BCUT2D eigenvalue weighted by Gasteiger charge is 2.37. The molecule has 0 amide bonds. The number of pyridine rings is 2. The van der Waals surface area contributed by atoms with E-state index in [1.807, 2.05) is 6.08 Å². The monoisotopic (exact) mass is 507 g/mol. The summed E-state index contributed by atoms with van der Waals surface area (Å²) in [6, 6.07) is 11.5. The van der Waals surface area contributed by atoms with Crippen molar-refractivity contribution in [1.82, 2.24) is 9.97 Å². The highest BCUT2D eigenvalue weighted by Crippen LogP contribution is 2.41. The third kappa shape index (κ3) is 5.06. The molecule has 0 fully saturated rings. The number of methoxy groups -OCH3 is 1. The van der Waals surface area contributed by atoms with Crippen LogP contribution in [0.4, 0.5) is 23.4 Å². The second-order valence-corrected chi connectivity index (χ2v) is 9.61.